The van der Waals surface area contributed by atoms with Gasteiger partial charge in [0.05, 0.1) is 12.6 Å². The van der Waals surface area contributed by atoms with Crippen LogP contribution in [0.25, 0.3) is 0 Å². The Kier molecular flexibility index (Phi) is 13.3. The molecule has 0 saturated heterocycles. The molecule has 2 aromatic carbocycles. The van der Waals surface area contributed by atoms with E-state index in [1.54, 1.807) is 0 Å². The Morgan fingerprint density at radius 1 is 1.12 bits per heavy atom. The van der Waals surface area contributed by atoms with Gasteiger partial charge >= 0.3 is 0 Å². The van der Waals surface area contributed by atoms with Gasteiger partial charge < -0.3 is 25.8 Å². The molecule has 0 radical (unpaired) electrons. The maximum Gasteiger partial charge on any atom is 0.255 e. The van der Waals surface area contributed by atoms with Gasteiger partial charge in [-0.05, 0) is 62.9 Å². The summed E-state index contributed by atoms with van der Waals surface area (Å²) in [5.41, 5.74) is 8.49. The van der Waals surface area contributed by atoms with E-state index in [-0.39, 0.29) is 36.7 Å². The number of carbonyl (C=O) groups is 1. The smallest absolute Gasteiger partial charge is 0.255 e. The molecule has 1 amide bonds. The number of primary amides is 1. The Bertz CT molecular complexity index is 888. The Morgan fingerprint density at radius 3 is 2.48 bits per heavy atom. The van der Waals surface area contributed by atoms with E-state index in [1.165, 1.54) is 5.56 Å². The van der Waals surface area contributed by atoms with Crippen molar-refractivity contribution in [3.05, 3.63) is 59.2 Å². The van der Waals surface area contributed by atoms with Gasteiger partial charge in [0.15, 0.2) is 12.6 Å². The number of nitrogens with two attached hydrogens (primary N) is 1. The van der Waals surface area contributed by atoms with Crippen molar-refractivity contribution in [1.82, 2.24) is 10.6 Å². The fourth-order valence-electron chi connectivity index (χ4n) is 2.94. The number of aryl methyl sites for hydroxylation is 1. The molecule has 8 heteroatoms. The SMILES string of the molecule is CCNC(=NCc1ccc(C)cc1OC(C)CC)NCCc1ccc(OCC(N)=O)cc1.I. The van der Waals surface area contributed by atoms with Crippen LogP contribution in [0.5, 0.6) is 11.5 Å². The summed E-state index contributed by atoms with van der Waals surface area (Å²) in [7, 11) is 0. The topological polar surface area (TPSA) is 98.0 Å². The minimum absolute atomic E-state index is 0. The molecule has 0 heterocycles. The van der Waals surface area contributed by atoms with Gasteiger partial charge in [-0.25, -0.2) is 4.99 Å². The number of carbonyl (C=O) groups excluding carboxylic acids is 1. The number of halogens is 1. The fraction of sp³-hybridized carbons (Fsp3) is 0.440. The maximum absolute atomic E-state index is 10.8. The van der Waals surface area contributed by atoms with Crippen molar-refractivity contribution in [2.24, 2.45) is 10.7 Å². The summed E-state index contributed by atoms with van der Waals surface area (Å²) >= 11 is 0. The molecule has 182 valence electrons. The average Bonchev–Trinajstić information content (AvgIpc) is 2.77. The molecular formula is C25H37IN4O3. The van der Waals surface area contributed by atoms with E-state index in [9.17, 15) is 4.79 Å². The third-order valence-corrected chi connectivity index (χ3v) is 4.89. The molecule has 4 N–H and O–H groups in total. The van der Waals surface area contributed by atoms with Crippen LogP contribution in [0.15, 0.2) is 47.5 Å². The summed E-state index contributed by atoms with van der Waals surface area (Å²) in [6.45, 7) is 10.2. The molecule has 0 aliphatic heterocycles. The Balaban J connectivity index is 0.00000544. The lowest BCUT2D eigenvalue weighted by molar-refractivity contribution is -0.119. The summed E-state index contributed by atoms with van der Waals surface area (Å²) in [5, 5.41) is 6.68. The number of guanidine groups is 1. The number of rotatable bonds is 12. The number of benzene rings is 2. The van der Waals surface area contributed by atoms with E-state index in [0.717, 1.165) is 48.8 Å². The summed E-state index contributed by atoms with van der Waals surface area (Å²) < 4.78 is 11.4. The predicted octanol–water partition coefficient (Wildman–Crippen LogP) is 3.95. The second-order valence-electron chi connectivity index (χ2n) is 7.72. The molecule has 1 atom stereocenters. The van der Waals surface area contributed by atoms with Crippen molar-refractivity contribution in [1.29, 1.82) is 0 Å². The second-order valence-corrected chi connectivity index (χ2v) is 7.72. The summed E-state index contributed by atoms with van der Waals surface area (Å²) in [6.07, 6.45) is 1.95. The summed E-state index contributed by atoms with van der Waals surface area (Å²) in [5.74, 6) is 1.81. The zero-order valence-corrected chi connectivity index (χ0v) is 22.3. The van der Waals surface area contributed by atoms with Crippen LogP contribution in [0.1, 0.15) is 43.9 Å². The Morgan fingerprint density at radius 2 is 1.85 bits per heavy atom. The lowest BCUT2D eigenvalue weighted by Crippen LogP contribution is -2.38. The number of amides is 1. The Labute approximate surface area is 214 Å². The highest BCUT2D eigenvalue weighted by Gasteiger charge is 2.08. The molecule has 0 aliphatic rings. The van der Waals surface area contributed by atoms with Crippen LogP contribution in [-0.2, 0) is 17.8 Å². The first-order valence-electron chi connectivity index (χ1n) is 11.2. The molecular weight excluding hydrogens is 531 g/mol. The standard InChI is InChI=1S/C25H36N4O3.HI/c1-5-19(4)32-23-15-18(3)7-10-21(23)16-29-25(27-6-2)28-14-13-20-8-11-22(12-9-20)31-17-24(26)30;/h7-12,15,19H,5-6,13-14,16-17H2,1-4H3,(H2,26,30)(H2,27,28,29);1H. The second kappa shape index (κ2) is 15.4. The van der Waals surface area contributed by atoms with Gasteiger partial charge in [0.1, 0.15) is 11.5 Å². The van der Waals surface area contributed by atoms with Crippen LogP contribution in [0.2, 0.25) is 0 Å². The monoisotopic (exact) mass is 568 g/mol. The molecule has 2 aromatic rings. The van der Waals surface area contributed by atoms with Crippen LogP contribution < -0.4 is 25.8 Å². The first kappa shape index (κ1) is 28.5. The molecule has 0 saturated carbocycles. The van der Waals surface area contributed by atoms with Crippen molar-refractivity contribution in [3.63, 3.8) is 0 Å². The zero-order chi connectivity index (χ0) is 23.3. The average molecular weight is 569 g/mol. The molecule has 33 heavy (non-hydrogen) atoms. The highest BCUT2D eigenvalue weighted by molar-refractivity contribution is 14.0. The van der Waals surface area contributed by atoms with E-state index in [4.69, 9.17) is 20.2 Å². The van der Waals surface area contributed by atoms with Gasteiger partial charge in [-0.1, -0.05) is 31.2 Å². The van der Waals surface area contributed by atoms with Crippen molar-refractivity contribution in [2.75, 3.05) is 19.7 Å². The number of aliphatic imine (C=N–C) groups is 1. The number of hydrogen-bond donors (Lipinski definition) is 3. The van der Waals surface area contributed by atoms with Gasteiger partial charge in [-0.2, -0.15) is 0 Å². The third kappa shape index (κ3) is 10.8. The van der Waals surface area contributed by atoms with Gasteiger partial charge in [-0.3, -0.25) is 4.79 Å². The zero-order valence-electron chi connectivity index (χ0n) is 20.0. The van der Waals surface area contributed by atoms with Gasteiger partial charge in [0, 0.05) is 18.7 Å². The van der Waals surface area contributed by atoms with E-state index in [2.05, 4.69) is 49.6 Å². The molecule has 0 spiro atoms. The highest BCUT2D eigenvalue weighted by atomic mass is 127. The van der Waals surface area contributed by atoms with Crippen LogP contribution in [-0.4, -0.2) is 37.7 Å². The minimum Gasteiger partial charge on any atom is -0.490 e. The van der Waals surface area contributed by atoms with Crippen LogP contribution in [0, 0.1) is 6.92 Å². The van der Waals surface area contributed by atoms with Gasteiger partial charge in [0.25, 0.3) is 5.91 Å². The van der Waals surface area contributed by atoms with Crippen LogP contribution in [0.4, 0.5) is 0 Å². The predicted molar refractivity (Wildman–Crippen MR) is 145 cm³/mol. The van der Waals surface area contributed by atoms with Crippen molar-refractivity contribution < 1.29 is 14.3 Å². The number of ether oxygens (including phenoxy) is 2. The number of nitrogens with zero attached hydrogens (tertiary/aromatic N) is 1. The Hall–Kier alpha value is -2.49. The largest absolute Gasteiger partial charge is 0.490 e. The van der Waals surface area contributed by atoms with Gasteiger partial charge in [-0.15, -0.1) is 24.0 Å². The fourth-order valence-corrected chi connectivity index (χ4v) is 2.94. The third-order valence-electron chi connectivity index (χ3n) is 4.89. The maximum atomic E-state index is 10.8. The number of hydrogen-bond acceptors (Lipinski definition) is 4. The van der Waals surface area contributed by atoms with E-state index >= 15 is 0 Å². The summed E-state index contributed by atoms with van der Waals surface area (Å²) in [6, 6.07) is 13.9. The van der Waals surface area contributed by atoms with Crippen LogP contribution >= 0.6 is 24.0 Å². The lowest BCUT2D eigenvalue weighted by Gasteiger charge is -2.17. The summed E-state index contributed by atoms with van der Waals surface area (Å²) in [4.78, 5) is 15.5. The molecule has 1 unspecified atom stereocenters. The molecule has 2 rings (SSSR count). The normalized spacial score (nSPS) is 11.8. The molecule has 0 aromatic heterocycles. The van der Waals surface area contributed by atoms with E-state index in [0.29, 0.717) is 12.3 Å². The minimum atomic E-state index is -0.488. The lowest BCUT2D eigenvalue weighted by atomic mass is 10.1. The molecule has 7 nitrogen and oxygen atoms in total. The van der Waals surface area contributed by atoms with Gasteiger partial charge in [0.2, 0.25) is 0 Å². The molecule has 0 bridgehead atoms. The quantitative estimate of drug-likeness (QED) is 0.205. The van der Waals surface area contributed by atoms with E-state index in [1.807, 2.05) is 31.2 Å². The first-order chi connectivity index (χ1) is 15.4. The first-order valence-corrected chi connectivity index (χ1v) is 11.2. The van der Waals surface area contributed by atoms with Crippen molar-refractivity contribution in [2.45, 2.75) is 53.2 Å². The van der Waals surface area contributed by atoms with Crippen molar-refractivity contribution in [3.8, 4) is 11.5 Å². The molecule has 0 aliphatic carbocycles. The molecule has 0 fully saturated rings. The van der Waals surface area contributed by atoms with Crippen LogP contribution in [0.3, 0.4) is 0 Å². The van der Waals surface area contributed by atoms with Crippen molar-refractivity contribution >= 4 is 35.8 Å². The van der Waals surface area contributed by atoms with E-state index < -0.39 is 5.91 Å². The highest BCUT2D eigenvalue weighted by Crippen LogP contribution is 2.23. The number of nitrogens with one attached hydrogen (secondary N) is 2.